The van der Waals surface area contributed by atoms with Crippen molar-refractivity contribution in [1.29, 1.82) is 0 Å². The molecule has 1 aromatic carbocycles. The lowest BCUT2D eigenvalue weighted by molar-refractivity contribution is -0.133. The lowest BCUT2D eigenvalue weighted by Crippen LogP contribution is -2.59. The van der Waals surface area contributed by atoms with E-state index in [1.165, 1.54) is 12.1 Å². The summed E-state index contributed by atoms with van der Waals surface area (Å²) in [5, 5.41) is 12.1. The van der Waals surface area contributed by atoms with Crippen molar-refractivity contribution in [3.8, 4) is 11.3 Å². The Hall–Kier alpha value is -3.43. The minimum Gasteiger partial charge on any atom is -0.465 e. The number of carbonyl (C=O) groups excluding carboxylic acids is 2. The van der Waals surface area contributed by atoms with Crippen molar-refractivity contribution in [2.75, 3.05) is 13.1 Å². The van der Waals surface area contributed by atoms with Gasteiger partial charge in [-0.05, 0) is 23.1 Å². The number of carboxylic acid groups (broad SMARTS) is 1. The van der Waals surface area contributed by atoms with E-state index in [1.54, 1.807) is 24.3 Å². The Kier molecular flexibility index (Phi) is 7.76. The van der Waals surface area contributed by atoms with Crippen LogP contribution in [-0.4, -0.2) is 57.3 Å². The number of nitrogens with zero attached hydrogens (tertiary/aromatic N) is 2. The molecule has 1 aliphatic heterocycles. The van der Waals surface area contributed by atoms with E-state index < -0.39 is 42.2 Å². The van der Waals surface area contributed by atoms with Crippen LogP contribution in [0.4, 0.5) is 18.0 Å². The first-order valence-corrected chi connectivity index (χ1v) is 11.7. The molecule has 2 amide bonds. The zero-order valence-corrected chi connectivity index (χ0v) is 20.5. The first kappa shape index (κ1) is 27.2. The van der Waals surface area contributed by atoms with Crippen LogP contribution < -0.4 is 5.32 Å². The smallest absolute Gasteiger partial charge is 0.408 e. The van der Waals surface area contributed by atoms with Gasteiger partial charge in [0, 0.05) is 24.8 Å². The summed E-state index contributed by atoms with van der Waals surface area (Å²) >= 11 is 0. The average Bonchev–Trinajstić information content (AvgIpc) is 3.10. The Labute approximate surface area is 207 Å². The summed E-state index contributed by atoms with van der Waals surface area (Å²) in [4.78, 5) is 42.1. The average molecular weight is 506 g/mol. The fraction of sp³-hybridized carbons (Fsp3) is 0.462. The summed E-state index contributed by atoms with van der Waals surface area (Å²) in [5.74, 6) is -5.11. The van der Waals surface area contributed by atoms with E-state index in [-0.39, 0.29) is 30.6 Å². The Balaban J connectivity index is 1.86. The number of halogens is 3. The van der Waals surface area contributed by atoms with Crippen LogP contribution in [0.1, 0.15) is 45.6 Å². The fourth-order valence-electron chi connectivity index (χ4n) is 4.40. The number of nitrogens with one attached hydrogen (secondary N) is 1. The maximum Gasteiger partial charge on any atom is 0.408 e. The van der Waals surface area contributed by atoms with Gasteiger partial charge in [0.2, 0.25) is 5.91 Å². The maximum absolute atomic E-state index is 14.5. The third-order valence-corrected chi connectivity index (χ3v) is 6.66. The molecule has 10 heteroatoms. The molecule has 0 bridgehead atoms. The van der Waals surface area contributed by atoms with Crippen LogP contribution in [0.3, 0.4) is 0 Å². The van der Waals surface area contributed by atoms with Gasteiger partial charge in [-0.3, -0.25) is 19.5 Å². The largest absolute Gasteiger partial charge is 0.465 e. The monoisotopic (exact) mass is 505 g/mol. The second-order valence-electron chi connectivity index (χ2n) is 10.1. The quantitative estimate of drug-likeness (QED) is 0.515. The number of carbonyl (C=O) groups is 3. The number of aromatic nitrogens is 1. The number of hydrogen-bond donors (Lipinski definition) is 2. The molecule has 194 valence electrons. The molecule has 1 atom stereocenters. The van der Waals surface area contributed by atoms with Crippen molar-refractivity contribution in [2.45, 2.75) is 57.9 Å². The SMILES string of the molecule is CCC(C)(C)CC(=O)CNC(=O)C1(Cc2ccc(-c3ccc(F)cn3)cc2)CC(F)(F)CN1C(=O)O. The first-order chi connectivity index (χ1) is 16.8. The summed E-state index contributed by atoms with van der Waals surface area (Å²) < 4.78 is 42.2. The number of alkyl halides is 2. The van der Waals surface area contributed by atoms with E-state index in [2.05, 4.69) is 10.3 Å². The van der Waals surface area contributed by atoms with E-state index >= 15 is 0 Å². The van der Waals surface area contributed by atoms with Crippen molar-refractivity contribution in [3.05, 3.63) is 54.0 Å². The van der Waals surface area contributed by atoms with Crippen molar-refractivity contribution < 1.29 is 32.7 Å². The van der Waals surface area contributed by atoms with Gasteiger partial charge in [-0.25, -0.2) is 18.0 Å². The molecule has 1 fully saturated rings. The molecule has 36 heavy (non-hydrogen) atoms. The molecule has 1 aromatic heterocycles. The highest BCUT2D eigenvalue weighted by Crippen LogP contribution is 2.42. The number of ketones is 1. The van der Waals surface area contributed by atoms with Gasteiger partial charge in [0.1, 0.15) is 11.4 Å². The third-order valence-electron chi connectivity index (χ3n) is 6.66. The third kappa shape index (κ3) is 6.22. The van der Waals surface area contributed by atoms with Crippen molar-refractivity contribution in [3.63, 3.8) is 0 Å². The maximum atomic E-state index is 14.5. The van der Waals surface area contributed by atoms with Gasteiger partial charge in [-0.2, -0.15) is 0 Å². The number of hydrogen-bond acceptors (Lipinski definition) is 4. The molecule has 0 radical (unpaired) electrons. The van der Waals surface area contributed by atoms with Gasteiger partial charge in [-0.15, -0.1) is 0 Å². The predicted molar refractivity (Wildman–Crippen MR) is 127 cm³/mol. The van der Waals surface area contributed by atoms with Gasteiger partial charge in [0.15, 0.2) is 5.78 Å². The first-order valence-electron chi connectivity index (χ1n) is 11.7. The fourth-order valence-corrected chi connectivity index (χ4v) is 4.40. The molecule has 0 aliphatic carbocycles. The molecule has 0 spiro atoms. The highest BCUT2D eigenvalue weighted by molar-refractivity contribution is 5.94. The van der Waals surface area contributed by atoms with Gasteiger partial charge >= 0.3 is 6.09 Å². The van der Waals surface area contributed by atoms with Crippen LogP contribution >= 0.6 is 0 Å². The molecule has 2 N–H and O–H groups in total. The molecule has 7 nitrogen and oxygen atoms in total. The lowest BCUT2D eigenvalue weighted by Gasteiger charge is -2.35. The van der Waals surface area contributed by atoms with Crippen molar-refractivity contribution in [1.82, 2.24) is 15.2 Å². The number of rotatable bonds is 9. The molecule has 1 unspecified atom stereocenters. The summed E-state index contributed by atoms with van der Waals surface area (Å²) in [6, 6.07) is 9.18. The molecule has 0 saturated carbocycles. The van der Waals surface area contributed by atoms with E-state index in [0.717, 1.165) is 12.6 Å². The van der Waals surface area contributed by atoms with Crippen LogP contribution in [0.15, 0.2) is 42.6 Å². The molecule has 1 saturated heterocycles. The van der Waals surface area contributed by atoms with Crippen LogP contribution in [0.2, 0.25) is 0 Å². The number of likely N-dealkylation sites (tertiary alicyclic amines) is 1. The molecular formula is C26H30F3N3O4. The zero-order chi connectivity index (χ0) is 26.7. The van der Waals surface area contributed by atoms with E-state index in [0.29, 0.717) is 21.7 Å². The topological polar surface area (TPSA) is 99.6 Å². The van der Waals surface area contributed by atoms with E-state index in [1.807, 2.05) is 20.8 Å². The van der Waals surface area contributed by atoms with Crippen LogP contribution in [0.25, 0.3) is 11.3 Å². The minimum absolute atomic E-state index is 0.189. The normalized spacial score (nSPS) is 19.2. The Morgan fingerprint density at radius 3 is 2.36 bits per heavy atom. The van der Waals surface area contributed by atoms with Gasteiger partial charge in [0.05, 0.1) is 25.0 Å². The molecule has 2 heterocycles. The Morgan fingerprint density at radius 1 is 1.14 bits per heavy atom. The summed E-state index contributed by atoms with van der Waals surface area (Å²) in [5.41, 5.74) is -0.810. The molecular weight excluding hydrogens is 475 g/mol. The highest BCUT2D eigenvalue weighted by Gasteiger charge is 2.60. The molecule has 2 aromatic rings. The predicted octanol–water partition coefficient (Wildman–Crippen LogP) is 4.70. The van der Waals surface area contributed by atoms with Gasteiger partial charge < -0.3 is 10.4 Å². The summed E-state index contributed by atoms with van der Waals surface area (Å²) in [6.07, 6.45) is -0.974. The molecule has 1 aliphatic rings. The van der Waals surface area contributed by atoms with E-state index in [4.69, 9.17) is 0 Å². The number of amides is 2. The Bertz CT molecular complexity index is 1120. The standard InChI is InChI=1S/C26H30F3N3O4/c1-4-24(2,3)12-20(33)14-31-22(34)25(15-26(28,29)16-32(25)23(35)36)11-17-5-7-18(8-6-17)21-10-9-19(27)13-30-21/h5-10,13H,4,11-12,14-16H2,1-3H3,(H,31,34)(H,35,36). The Morgan fingerprint density at radius 2 is 1.81 bits per heavy atom. The van der Waals surface area contributed by atoms with E-state index in [9.17, 15) is 32.7 Å². The lowest BCUT2D eigenvalue weighted by atomic mass is 9.84. The summed E-state index contributed by atoms with van der Waals surface area (Å²) in [6.45, 7) is 4.25. The van der Waals surface area contributed by atoms with Crippen LogP contribution in [0, 0.1) is 11.2 Å². The van der Waals surface area contributed by atoms with Crippen LogP contribution in [-0.2, 0) is 16.0 Å². The number of pyridine rings is 1. The van der Waals surface area contributed by atoms with Crippen LogP contribution in [0.5, 0.6) is 0 Å². The van der Waals surface area contributed by atoms with Crippen molar-refractivity contribution in [2.24, 2.45) is 5.41 Å². The summed E-state index contributed by atoms with van der Waals surface area (Å²) in [7, 11) is 0. The van der Waals surface area contributed by atoms with Gasteiger partial charge in [-0.1, -0.05) is 51.5 Å². The number of Topliss-reactive ketones (excluding diaryl/α,β-unsaturated/α-hetero) is 1. The minimum atomic E-state index is -3.41. The second-order valence-corrected chi connectivity index (χ2v) is 10.1. The zero-order valence-electron chi connectivity index (χ0n) is 20.5. The number of benzene rings is 1. The molecule has 3 rings (SSSR count). The highest BCUT2D eigenvalue weighted by atomic mass is 19.3. The van der Waals surface area contributed by atoms with Crippen molar-refractivity contribution >= 4 is 17.8 Å². The second kappa shape index (κ2) is 10.3. The van der Waals surface area contributed by atoms with Gasteiger partial charge in [0.25, 0.3) is 5.92 Å².